The zero-order chi connectivity index (χ0) is 23.1. The first-order valence-corrected chi connectivity index (χ1v) is 9.92. The Kier molecular flexibility index (Phi) is 7.27. The fraction of sp³-hybridized carbons (Fsp3) is 0.273. The van der Waals surface area contributed by atoms with E-state index < -0.39 is 11.9 Å². The molecular formula is C22H24N4O6. The van der Waals surface area contributed by atoms with E-state index in [2.05, 4.69) is 10.2 Å². The van der Waals surface area contributed by atoms with Crippen molar-refractivity contribution in [2.24, 2.45) is 10.2 Å². The minimum absolute atomic E-state index is 0.124. The zero-order valence-corrected chi connectivity index (χ0v) is 18.3. The molecule has 0 N–H and O–H groups in total. The van der Waals surface area contributed by atoms with E-state index in [1.807, 2.05) is 0 Å². The Balaban J connectivity index is 2.12. The van der Waals surface area contributed by atoms with Crippen molar-refractivity contribution in [1.82, 2.24) is 0 Å². The van der Waals surface area contributed by atoms with Gasteiger partial charge in [0.25, 0.3) is 11.7 Å². The first kappa shape index (κ1) is 22.6. The Morgan fingerprint density at radius 1 is 0.688 bits per heavy atom. The fourth-order valence-corrected chi connectivity index (χ4v) is 2.82. The predicted octanol–water partition coefficient (Wildman–Crippen LogP) is 2.78. The van der Waals surface area contributed by atoms with Gasteiger partial charge >= 0.3 is 11.9 Å². The van der Waals surface area contributed by atoms with Crippen LogP contribution in [0, 0.1) is 0 Å². The van der Waals surface area contributed by atoms with E-state index in [-0.39, 0.29) is 24.9 Å². The highest BCUT2D eigenvalue weighted by atomic mass is 16.5. The second-order valence-corrected chi connectivity index (χ2v) is 6.31. The molecule has 1 aliphatic heterocycles. The van der Waals surface area contributed by atoms with Gasteiger partial charge in [-0.3, -0.25) is 0 Å². The van der Waals surface area contributed by atoms with Crippen LogP contribution in [-0.2, 0) is 19.1 Å². The normalized spacial score (nSPS) is 13.1. The molecule has 0 saturated heterocycles. The van der Waals surface area contributed by atoms with Gasteiger partial charge in [-0.05, 0) is 62.4 Å². The maximum Gasteiger partial charge on any atom is 0.378 e. The van der Waals surface area contributed by atoms with Crippen LogP contribution >= 0.6 is 0 Å². The number of benzene rings is 2. The summed E-state index contributed by atoms with van der Waals surface area (Å²) in [6.07, 6.45) is 0. The van der Waals surface area contributed by atoms with E-state index in [1.54, 1.807) is 76.6 Å². The zero-order valence-electron chi connectivity index (χ0n) is 18.3. The predicted molar refractivity (Wildman–Crippen MR) is 119 cm³/mol. The highest BCUT2D eigenvalue weighted by Gasteiger charge is 2.35. The van der Waals surface area contributed by atoms with Gasteiger partial charge in [0.15, 0.2) is 0 Å². The van der Waals surface area contributed by atoms with Gasteiger partial charge in [0.05, 0.1) is 38.8 Å². The molecule has 2 aromatic rings. The van der Waals surface area contributed by atoms with Crippen LogP contribution in [0.3, 0.4) is 0 Å². The van der Waals surface area contributed by atoms with E-state index in [1.165, 1.54) is 10.0 Å². The Morgan fingerprint density at radius 3 is 1.31 bits per heavy atom. The molecule has 0 radical (unpaired) electrons. The number of esters is 2. The van der Waals surface area contributed by atoms with Gasteiger partial charge in [0.1, 0.15) is 11.5 Å². The number of anilines is 2. The summed E-state index contributed by atoms with van der Waals surface area (Å²) in [6.45, 7) is 3.66. The van der Waals surface area contributed by atoms with E-state index in [9.17, 15) is 9.59 Å². The average Bonchev–Trinajstić information content (AvgIpc) is 2.83. The Bertz CT molecular complexity index is 934. The molecule has 2 aromatic carbocycles. The van der Waals surface area contributed by atoms with Crippen molar-refractivity contribution in [3.63, 3.8) is 0 Å². The largest absolute Gasteiger partial charge is 0.497 e. The molecule has 32 heavy (non-hydrogen) atoms. The van der Waals surface area contributed by atoms with Crippen molar-refractivity contribution in [2.45, 2.75) is 13.8 Å². The Morgan fingerprint density at radius 2 is 1.03 bits per heavy atom. The van der Waals surface area contributed by atoms with E-state index in [4.69, 9.17) is 18.9 Å². The molecule has 168 valence electrons. The summed E-state index contributed by atoms with van der Waals surface area (Å²) < 4.78 is 20.7. The number of hydrazone groups is 2. The molecule has 10 nitrogen and oxygen atoms in total. The number of carbonyl (C=O) groups excluding carboxylic acids is 2. The number of hydrogen-bond donors (Lipinski definition) is 0. The SMILES string of the molecule is CCOC(=O)C1=NN(c2ccc(OC)cc2)C(C(=O)OCC)=NN1c1ccc(OC)cc1. The molecule has 0 aliphatic carbocycles. The number of carbonyl (C=O) groups is 2. The molecule has 1 heterocycles. The highest BCUT2D eigenvalue weighted by Crippen LogP contribution is 2.27. The van der Waals surface area contributed by atoms with E-state index in [0.29, 0.717) is 22.9 Å². The fourth-order valence-electron chi connectivity index (χ4n) is 2.82. The highest BCUT2D eigenvalue weighted by molar-refractivity contribution is 6.47. The van der Waals surface area contributed by atoms with Gasteiger partial charge in [-0.25, -0.2) is 19.6 Å². The van der Waals surface area contributed by atoms with Crippen LogP contribution in [-0.4, -0.2) is 51.0 Å². The van der Waals surface area contributed by atoms with Crippen molar-refractivity contribution in [3.05, 3.63) is 48.5 Å². The van der Waals surface area contributed by atoms with Crippen molar-refractivity contribution < 1.29 is 28.5 Å². The topological polar surface area (TPSA) is 102 Å². The van der Waals surface area contributed by atoms with Crippen molar-refractivity contribution in [3.8, 4) is 11.5 Å². The lowest BCUT2D eigenvalue weighted by atomic mass is 10.2. The molecule has 0 bridgehead atoms. The molecule has 0 atom stereocenters. The number of ether oxygens (including phenoxy) is 4. The molecular weight excluding hydrogens is 416 g/mol. The van der Waals surface area contributed by atoms with Crippen LogP contribution in [0.5, 0.6) is 11.5 Å². The summed E-state index contributed by atoms with van der Waals surface area (Å²) >= 11 is 0. The Hall–Kier alpha value is -4.08. The third-order valence-corrected chi connectivity index (χ3v) is 4.34. The summed E-state index contributed by atoms with van der Waals surface area (Å²) in [7, 11) is 3.09. The number of nitrogens with zero attached hydrogens (tertiary/aromatic N) is 4. The third-order valence-electron chi connectivity index (χ3n) is 4.34. The molecule has 0 amide bonds. The number of methoxy groups -OCH3 is 2. The molecule has 0 unspecified atom stereocenters. The summed E-state index contributed by atoms with van der Waals surface area (Å²) in [5.74, 6) is -0.409. The maximum atomic E-state index is 12.7. The smallest absolute Gasteiger partial charge is 0.378 e. The van der Waals surface area contributed by atoms with Crippen molar-refractivity contribution in [1.29, 1.82) is 0 Å². The summed E-state index contributed by atoms with van der Waals surface area (Å²) in [6, 6.07) is 13.5. The number of rotatable bonds is 8. The van der Waals surface area contributed by atoms with Gasteiger partial charge in [-0.1, -0.05) is 0 Å². The molecule has 0 aromatic heterocycles. The van der Waals surface area contributed by atoms with Crippen LogP contribution in [0.25, 0.3) is 0 Å². The van der Waals surface area contributed by atoms with Crippen molar-refractivity contribution >= 4 is 35.0 Å². The monoisotopic (exact) mass is 440 g/mol. The third kappa shape index (κ3) is 4.80. The number of hydrogen-bond acceptors (Lipinski definition) is 10. The first-order chi connectivity index (χ1) is 15.5. The minimum Gasteiger partial charge on any atom is -0.497 e. The van der Waals surface area contributed by atoms with E-state index >= 15 is 0 Å². The molecule has 0 spiro atoms. The summed E-state index contributed by atoms with van der Waals surface area (Å²) in [5, 5.41) is 11.3. The average molecular weight is 440 g/mol. The van der Waals surface area contributed by atoms with Crippen LogP contribution in [0.15, 0.2) is 58.7 Å². The maximum absolute atomic E-state index is 12.7. The van der Waals surface area contributed by atoms with Crippen LogP contribution < -0.4 is 19.5 Å². The van der Waals surface area contributed by atoms with Gasteiger partial charge in [-0.2, -0.15) is 0 Å². The van der Waals surface area contributed by atoms with Gasteiger partial charge < -0.3 is 18.9 Å². The summed E-state index contributed by atoms with van der Waals surface area (Å²) in [4.78, 5) is 25.5. The number of amidine groups is 2. The first-order valence-electron chi connectivity index (χ1n) is 9.92. The molecule has 0 fully saturated rings. The Labute approximate surface area is 185 Å². The molecule has 1 aliphatic rings. The van der Waals surface area contributed by atoms with E-state index in [0.717, 1.165) is 0 Å². The van der Waals surface area contributed by atoms with Gasteiger partial charge in [0.2, 0.25) is 0 Å². The summed E-state index contributed by atoms with van der Waals surface area (Å²) in [5.41, 5.74) is 0.961. The van der Waals surface area contributed by atoms with Crippen LogP contribution in [0.2, 0.25) is 0 Å². The van der Waals surface area contributed by atoms with Gasteiger partial charge in [0, 0.05) is 0 Å². The second kappa shape index (κ2) is 10.3. The lowest BCUT2D eigenvalue weighted by molar-refractivity contribution is -0.136. The quantitative estimate of drug-likeness (QED) is 0.578. The lowest BCUT2D eigenvalue weighted by Crippen LogP contribution is -2.47. The van der Waals surface area contributed by atoms with Crippen LogP contribution in [0.1, 0.15) is 13.8 Å². The second-order valence-electron chi connectivity index (χ2n) is 6.31. The lowest BCUT2D eigenvalue weighted by Gasteiger charge is -2.30. The molecule has 0 saturated carbocycles. The standard InChI is InChI=1S/C22H24N4O6/c1-5-31-21(27)19-23-26(16-9-13-18(30-4)14-10-16)20(22(28)32-6-2)24-25(19)15-7-11-17(29-3)12-8-15/h7-14H,5-6H2,1-4H3. The van der Waals surface area contributed by atoms with Crippen LogP contribution in [0.4, 0.5) is 11.4 Å². The minimum atomic E-state index is -0.700. The molecule has 3 rings (SSSR count). The molecule has 10 heteroatoms. The van der Waals surface area contributed by atoms with Crippen molar-refractivity contribution in [2.75, 3.05) is 37.5 Å². The van der Waals surface area contributed by atoms with Gasteiger partial charge in [-0.15, -0.1) is 10.2 Å².